The Labute approximate surface area is 146 Å². The van der Waals surface area contributed by atoms with E-state index in [0.717, 1.165) is 36.3 Å². The highest BCUT2D eigenvalue weighted by atomic mass is 16.5. The fourth-order valence-electron chi connectivity index (χ4n) is 2.72. The van der Waals surface area contributed by atoms with Gasteiger partial charge in [0.15, 0.2) is 5.65 Å². The number of nitrogens with zero attached hydrogens (tertiary/aromatic N) is 3. The average Bonchev–Trinajstić information content (AvgIpc) is 3.09. The second-order valence-corrected chi connectivity index (χ2v) is 5.82. The Morgan fingerprint density at radius 2 is 2.16 bits per heavy atom. The molecule has 0 saturated heterocycles. The van der Waals surface area contributed by atoms with Gasteiger partial charge in [-0.15, -0.1) is 0 Å². The number of nitrogens with one attached hydrogen (secondary N) is 1. The SMILES string of the molecule is CCCCCNC(=O)c1cnn2c(-c3cccc(OC)c3)ccnc12. The largest absolute Gasteiger partial charge is 0.497 e. The number of amides is 1. The number of carbonyl (C=O) groups is 1. The molecule has 6 heteroatoms. The minimum Gasteiger partial charge on any atom is -0.497 e. The van der Waals surface area contributed by atoms with E-state index in [0.29, 0.717) is 17.8 Å². The predicted molar refractivity (Wildman–Crippen MR) is 96.8 cm³/mol. The van der Waals surface area contributed by atoms with Gasteiger partial charge in [0.2, 0.25) is 0 Å². The molecule has 0 aliphatic heterocycles. The average molecular weight is 338 g/mol. The smallest absolute Gasteiger partial charge is 0.256 e. The van der Waals surface area contributed by atoms with Crippen LogP contribution in [-0.4, -0.2) is 34.2 Å². The molecule has 0 spiro atoms. The Morgan fingerprint density at radius 1 is 1.28 bits per heavy atom. The van der Waals surface area contributed by atoms with E-state index in [2.05, 4.69) is 22.3 Å². The number of fused-ring (bicyclic) bond motifs is 1. The summed E-state index contributed by atoms with van der Waals surface area (Å²) in [6, 6.07) is 9.59. The third-order valence-electron chi connectivity index (χ3n) is 4.08. The molecule has 0 fully saturated rings. The van der Waals surface area contributed by atoms with Crippen molar-refractivity contribution < 1.29 is 9.53 Å². The summed E-state index contributed by atoms with van der Waals surface area (Å²) < 4.78 is 6.98. The molecule has 3 rings (SSSR count). The lowest BCUT2D eigenvalue weighted by molar-refractivity contribution is 0.0954. The lowest BCUT2D eigenvalue weighted by Gasteiger charge is -2.07. The third kappa shape index (κ3) is 3.63. The zero-order valence-corrected chi connectivity index (χ0v) is 14.5. The standard InChI is InChI=1S/C19H22N4O2/c1-3-4-5-10-21-19(24)16-13-22-23-17(9-11-20-18(16)23)14-7-6-8-15(12-14)25-2/h6-9,11-13H,3-5,10H2,1-2H3,(H,21,24). The van der Waals surface area contributed by atoms with Crippen LogP contribution in [0.15, 0.2) is 42.7 Å². The molecule has 2 aromatic heterocycles. The number of carbonyl (C=O) groups excluding carboxylic acids is 1. The quantitative estimate of drug-likeness (QED) is 0.671. The molecule has 0 unspecified atom stereocenters. The van der Waals surface area contributed by atoms with Gasteiger partial charge in [-0.3, -0.25) is 4.79 Å². The molecule has 0 bridgehead atoms. The maximum absolute atomic E-state index is 12.4. The molecule has 0 radical (unpaired) electrons. The van der Waals surface area contributed by atoms with Crippen LogP contribution < -0.4 is 10.1 Å². The van der Waals surface area contributed by atoms with E-state index < -0.39 is 0 Å². The van der Waals surface area contributed by atoms with E-state index in [1.54, 1.807) is 24.0 Å². The summed E-state index contributed by atoms with van der Waals surface area (Å²) in [5.74, 6) is 0.630. The molecule has 3 aromatic rings. The first-order valence-electron chi connectivity index (χ1n) is 8.50. The van der Waals surface area contributed by atoms with Gasteiger partial charge in [0.05, 0.1) is 19.0 Å². The minimum absolute atomic E-state index is 0.138. The van der Waals surface area contributed by atoms with Crippen LogP contribution in [0.1, 0.15) is 36.5 Å². The zero-order valence-electron chi connectivity index (χ0n) is 14.5. The maximum Gasteiger partial charge on any atom is 0.256 e. The van der Waals surface area contributed by atoms with Crippen molar-refractivity contribution in [3.8, 4) is 17.0 Å². The van der Waals surface area contributed by atoms with E-state index in [9.17, 15) is 4.79 Å². The first kappa shape index (κ1) is 17.0. The van der Waals surface area contributed by atoms with Crippen molar-refractivity contribution >= 4 is 11.6 Å². The molecule has 1 N–H and O–H groups in total. The van der Waals surface area contributed by atoms with Crippen molar-refractivity contribution in [3.05, 3.63) is 48.3 Å². The number of aromatic nitrogens is 3. The number of hydrogen-bond acceptors (Lipinski definition) is 4. The first-order chi connectivity index (χ1) is 12.2. The van der Waals surface area contributed by atoms with Crippen molar-refractivity contribution in [3.63, 3.8) is 0 Å². The summed E-state index contributed by atoms with van der Waals surface area (Å²) in [6.45, 7) is 2.80. The molecular formula is C19H22N4O2. The van der Waals surface area contributed by atoms with Gasteiger partial charge < -0.3 is 10.1 Å². The highest BCUT2D eigenvalue weighted by molar-refractivity contribution is 5.99. The number of ether oxygens (including phenoxy) is 1. The third-order valence-corrected chi connectivity index (χ3v) is 4.08. The molecule has 130 valence electrons. The monoisotopic (exact) mass is 338 g/mol. The van der Waals surface area contributed by atoms with Gasteiger partial charge >= 0.3 is 0 Å². The van der Waals surface area contributed by atoms with Gasteiger partial charge in [-0.1, -0.05) is 31.9 Å². The first-order valence-corrected chi connectivity index (χ1v) is 8.50. The van der Waals surface area contributed by atoms with E-state index in [-0.39, 0.29) is 5.91 Å². The van der Waals surface area contributed by atoms with Crippen LogP contribution in [0.25, 0.3) is 16.9 Å². The molecule has 1 aromatic carbocycles. The van der Waals surface area contributed by atoms with Crippen LogP contribution in [0.3, 0.4) is 0 Å². The molecule has 0 saturated carbocycles. The zero-order chi connectivity index (χ0) is 17.6. The molecule has 1 amide bonds. The molecular weight excluding hydrogens is 316 g/mol. The summed E-state index contributed by atoms with van der Waals surface area (Å²) in [5.41, 5.74) is 2.84. The molecule has 0 atom stereocenters. The summed E-state index contributed by atoms with van der Waals surface area (Å²) in [4.78, 5) is 16.8. The minimum atomic E-state index is -0.138. The van der Waals surface area contributed by atoms with Gasteiger partial charge in [0.25, 0.3) is 5.91 Å². The Kier molecular flexibility index (Phi) is 5.28. The Hall–Kier alpha value is -2.89. The van der Waals surface area contributed by atoms with Gasteiger partial charge in [0, 0.05) is 18.3 Å². The molecule has 0 aliphatic carbocycles. The van der Waals surface area contributed by atoms with Crippen LogP contribution in [0.4, 0.5) is 0 Å². The van der Waals surface area contributed by atoms with Gasteiger partial charge in [0.1, 0.15) is 11.3 Å². The van der Waals surface area contributed by atoms with Crippen molar-refractivity contribution in [2.24, 2.45) is 0 Å². The van der Waals surface area contributed by atoms with Crippen molar-refractivity contribution in [2.45, 2.75) is 26.2 Å². The van der Waals surface area contributed by atoms with E-state index in [1.165, 1.54) is 0 Å². The number of benzene rings is 1. The maximum atomic E-state index is 12.4. The Morgan fingerprint density at radius 3 is 2.96 bits per heavy atom. The second kappa shape index (κ2) is 7.79. The highest BCUT2D eigenvalue weighted by Gasteiger charge is 2.16. The van der Waals surface area contributed by atoms with Gasteiger partial charge in [-0.2, -0.15) is 5.10 Å². The normalized spacial score (nSPS) is 10.8. The van der Waals surface area contributed by atoms with Crippen LogP contribution in [0, 0.1) is 0 Å². The predicted octanol–water partition coefficient (Wildman–Crippen LogP) is 3.32. The Balaban J connectivity index is 1.91. The summed E-state index contributed by atoms with van der Waals surface area (Å²) in [5, 5.41) is 7.31. The summed E-state index contributed by atoms with van der Waals surface area (Å²) >= 11 is 0. The van der Waals surface area contributed by atoms with Crippen molar-refractivity contribution in [2.75, 3.05) is 13.7 Å². The van der Waals surface area contributed by atoms with Crippen molar-refractivity contribution in [1.82, 2.24) is 19.9 Å². The van der Waals surface area contributed by atoms with Crippen LogP contribution >= 0.6 is 0 Å². The lowest BCUT2D eigenvalue weighted by atomic mass is 10.1. The number of rotatable bonds is 7. The molecule has 0 aliphatic rings. The summed E-state index contributed by atoms with van der Waals surface area (Å²) in [7, 11) is 1.64. The Bertz CT molecular complexity index is 873. The number of hydrogen-bond donors (Lipinski definition) is 1. The van der Waals surface area contributed by atoms with Gasteiger partial charge in [-0.25, -0.2) is 9.50 Å². The highest BCUT2D eigenvalue weighted by Crippen LogP contribution is 2.24. The summed E-state index contributed by atoms with van der Waals surface area (Å²) in [6.07, 6.45) is 6.47. The fraction of sp³-hybridized carbons (Fsp3) is 0.316. The van der Waals surface area contributed by atoms with Crippen molar-refractivity contribution in [1.29, 1.82) is 0 Å². The molecule has 6 nitrogen and oxygen atoms in total. The van der Waals surface area contributed by atoms with Crippen LogP contribution in [-0.2, 0) is 0 Å². The lowest BCUT2D eigenvalue weighted by Crippen LogP contribution is -2.24. The number of unbranched alkanes of at least 4 members (excludes halogenated alkanes) is 2. The van der Waals surface area contributed by atoms with Crippen LogP contribution in [0.2, 0.25) is 0 Å². The van der Waals surface area contributed by atoms with E-state index in [1.807, 2.05) is 30.3 Å². The van der Waals surface area contributed by atoms with E-state index >= 15 is 0 Å². The van der Waals surface area contributed by atoms with Crippen LogP contribution in [0.5, 0.6) is 5.75 Å². The van der Waals surface area contributed by atoms with E-state index in [4.69, 9.17) is 4.74 Å². The molecule has 25 heavy (non-hydrogen) atoms. The fourth-order valence-corrected chi connectivity index (χ4v) is 2.72. The molecule has 2 heterocycles. The van der Waals surface area contributed by atoms with Gasteiger partial charge in [-0.05, 0) is 24.6 Å². The topological polar surface area (TPSA) is 68.5 Å². The second-order valence-electron chi connectivity index (χ2n) is 5.82. The number of methoxy groups -OCH3 is 1.